The Morgan fingerprint density at radius 1 is 1.39 bits per heavy atom. The second kappa shape index (κ2) is 8.42. The Labute approximate surface area is 141 Å². The van der Waals surface area contributed by atoms with Crippen molar-refractivity contribution in [3.8, 4) is 11.5 Å². The fourth-order valence-corrected chi connectivity index (χ4v) is 3.13. The van der Waals surface area contributed by atoms with Gasteiger partial charge in [0.25, 0.3) is 5.91 Å². The Morgan fingerprint density at radius 3 is 2.65 bits per heavy atom. The number of benzene rings is 1. The number of rotatable bonds is 6. The highest BCUT2D eigenvalue weighted by molar-refractivity contribution is 7.98. The summed E-state index contributed by atoms with van der Waals surface area (Å²) in [5.74, 6) is 1.34. The zero-order valence-corrected chi connectivity index (χ0v) is 14.9. The minimum atomic E-state index is -0.411. The molecular weight excluding hydrogens is 316 g/mol. The number of hydrogen-bond donors (Lipinski definition) is 1. The van der Waals surface area contributed by atoms with Crippen LogP contribution < -0.4 is 14.8 Å². The van der Waals surface area contributed by atoms with Crippen molar-refractivity contribution in [3.05, 3.63) is 17.7 Å². The molecule has 0 bridgehead atoms. The van der Waals surface area contributed by atoms with Gasteiger partial charge < -0.3 is 24.4 Å². The van der Waals surface area contributed by atoms with Gasteiger partial charge in [-0.3, -0.25) is 4.79 Å². The molecule has 0 saturated carbocycles. The van der Waals surface area contributed by atoms with E-state index in [-0.39, 0.29) is 5.91 Å². The third kappa shape index (κ3) is 4.31. The molecule has 1 saturated heterocycles. The molecule has 23 heavy (non-hydrogen) atoms. The van der Waals surface area contributed by atoms with Gasteiger partial charge in [-0.2, -0.15) is 0 Å². The number of nitrogens with zero attached hydrogens (tertiary/aromatic N) is 1. The van der Waals surface area contributed by atoms with Crippen LogP contribution in [-0.4, -0.2) is 64.1 Å². The lowest BCUT2D eigenvalue weighted by Crippen LogP contribution is -2.48. The molecule has 0 spiro atoms. The molecule has 1 unspecified atom stereocenters. The van der Waals surface area contributed by atoms with Crippen LogP contribution >= 0.6 is 11.8 Å². The summed E-state index contributed by atoms with van der Waals surface area (Å²) in [7, 11) is 5.02. The Morgan fingerprint density at radius 2 is 2.09 bits per heavy atom. The van der Waals surface area contributed by atoms with E-state index in [0.717, 1.165) is 17.0 Å². The maximum Gasteiger partial charge on any atom is 0.253 e. The van der Waals surface area contributed by atoms with Gasteiger partial charge in [-0.1, -0.05) is 0 Å². The van der Waals surface area contributed by atoms with Crippen LogP contribution in [0.2, 0.25) is 0 Å². The molecular formula is C16H24N2O4S. The summed E-state index contributed by atoms with van der Waals surface area (Å²) in [5.41, 5.74) is 1.02. The van der Waals surface area contributed by atoms with Crippen molar-refractivity contribution in [3.63, 3.8) is 0 Å². The SMILES string of the molecule is COc1cc(CN(C)C(=O)C2CNCCO2)c(SC)cc1OC. The van der Waals surface area contributed by atoms with Gasteiger partial charge in [-0.05, 0) is 24.0 Å². The number of amides is 1. The first-order valence-electron chi connectivity index (χ1n) is 7.46. The Kier molecular flexibility index (Phi) is 6.56. The predicted molar refractivity (Wildman–Crippen MR) is 90.4 cm³/mol. The second-order valence-electron chi connectivity index (χ2n) is 5.28. The largest absolute Gasteiger partial charge is 0.493 e. The molecule has 1 aromatic carbocycles. The number of likely N-dealkylation sites (N-methyl/N-ethyl adjacent to an activating group) is 1. The number of nitrogens with one attached hydrogen (secondary N) is 1. The Hall–Kier alpha value is -1.44. The summed E-state index contributed by atoms with van der Waals surface area (Å²) in [5, 5.41) is 3.18. The zero-order valence-electron chi connectivity index (χ0n) is 14.0. The fourth-order valence-electron chi connectivity index (χ4n) is 2.52. The minimum absolute atomic E-state index is 0.0148. The lowest BCUT2D eigenvalue weighted by molar-refractivity contribution is -0.144. The summed E-state index contributed by atoms with van der Waals surface area (Å²) in [6.07, 6.45) is 1.59. The molecule has 0 radical (unpaired) electrons. The molecule has 7 heteroatoms. The van der Waals surface area contributed by atoms with Gasteiger partial charge >= 0.3 is 0 Å². The molecule has 1 fully saturated rings. The number of morpholine rings is 1. The van der Waals surface area contributed by atoms with Crippen molar-refractivity contribution in [2.75, 3.05) is 47.2 Å². The highest BCUT2D eigenvalue weighted by Gasteiger charge is 2.25. The Bertz CT molecular complexity index is 547. The zero-order chi connectivity index (χ0) is 16.8. The average molecular weight is 340 g/mol. The number of carbonyl (C=O) groups excluding carboxylic acids is 1. The van der Waals surface area contributed by atoms with Crippen LogP contribution in [0, 0.1) is 0 Å². The van der Waals surface area contributed by atoms with E-state index in [1.807, 2.05) is 18.4 Å². The van der Waals surface area contributed by atoms with Gasteiger partial charge in [0.1, 0.15) is 6.10 Å². The predicted octanol–water partition coefficient (Wildman–Crippen LogP) is 1.37. The summed E-state index contributed by atoms with van der Waals surface area (Å²) < 4.78 is 16.2. The summed E-state index contributed by atoms with van der Waals surface area (Å²) in [4.78, 5) is 15.2. The molecule has 1 aliphatic heterocycles. The number of thioether (sulfide) groups is 1. The number of carbonyl (C=O) groups is 1. The highest BCUT2D eigenvalue weighted by Crippen LogP contribution is 2.35. The average Bonchev–Trinajstić information content (AvgIpc) is 2.61. The van der Waals surface area contributed by atoms with Crippen LogP contribution in [-0.2, 0) is 16.1 Å². The monoisotopic (exact) mass is 340 g/mol. The molecule has 0 aromatic heterocycles. The smallest absolute Gasteiger partial charge is 0.253 e. The van der Waals surface area contributed by atoms with Gasteiger partial charge in [-0.25, -0.2) is 0 Å². The van der Waals surface area contributed by atoms with Gasteiger partial charge in [0.2, 0.25) is 0 Å². The number of ether oxygens (including phenoxy) is 3. The van der Waals surface area contributed by atoms with Crippen LogP contribution in [0.5, 0.6) is 11.5 Å². The van der Waals surface area contributed by atoms with Gasteiger partial charge in [-0.15, -0.1) is 11.8 Å². The second-order valence-corrected chi connectivity index (χ2v) is 6.12. The van der Waals surface area contributed by atoms with E-state index in [4.69, 9.17) is 14.2 Å². The third-order valence-electron chi connectivity index (χ3n) is 3.77. The van der Waals surface area contributed by atoms with Crippen LogP contribution in [0.1, 0.15) is 5.56 Å². The normalized spacial score (nSPS) is 17.7. The van der Waals surface area contributed by atoms with Gasteiger partial charge in [0.05, 0.1) is 20.8 Å². The molecule has 1 heterocycles. The van der Waals surface area contributed by atoms with Crippen molar-refractivity contribution in [2.45, 2.75) is 17.5 Å². The summed E-state index contributed by atoms with van der Waals surface area (Å²) in [6.45, 7) is 2.41. The maximum absolute atomic E-state index is 12.5. The quantitative estimate of drug-likeness (QED) is 0.790. The molecule has 2 rings (SSSR count). The molecule has 0 aliphatic carbocycles. The van der Waals surface area contributed by atoms with Crippen LogP contribution in [0.4, 0.5) is 0 Å². The van der Waals surface area contributed by atoms with E-state index < -0.39 is 6.10 Å². The molecule has 1 aromatic rings. The molecule has 1 N–H and O–H groups in total. The molecule has 6 nitrogen and oxygen atoms in total. The third-order valence-corrected chi connectivity index (χ3v) is 4.59. The molecule has 128 valence electrons. The maximum atomic E-state index is 12.5. The molecule has 1 aliphatic rings. The van der Waals surface area contributed by atoms with Crippen molar-refractivity contribution in [1.29, 1.82) is 0 Å². The van der Waals surface area contributed by atoms with Crippen molar-refractivity contribution in [1.82, 2.24) is 10.2 Å². The first-order valence-corrected chi connectivity index (χ1v) is 8.69. The van der Waals surface area contributed by atoms with Crippen molar-refractivity contribution < 1.29 is 19.0 Å². The van der Waals surface area contributed by atoms with Crippen LogP contribution in [0.25, 0.3) is 0 Å². The van der Waals surface area contributed by atoms with Crippen molar-refractivity contribution in [2.24, 2.45) is 0 Å². The number of hydrogen-bond acceptors (Lipinski definition) is 6. The number of methoxy groups -OCH3 is 2. The van der Waals surface area contributed by atoms with Crippen molar-refractivity contribution >= 4 is 17.7 Å². The lowest BCUT2D eigenvalue weighted by atomic mass is 10.1. The lowest BCUT2D eigenvalue weighted by Gasteiger charge is -2.28. The summed E-state index contributed by atoms with van der Waals surface area (Å²) in [6, 6.07) is 3.87. The standard InChI is InChI=1S/C16H24N2O4S/c1-18(16(19)14-9-17-5-6-22-14)10-11-7-12(20-2)13(21-3)8-15(11)23-4/h7-8,14,17H,5-6,9-10H2,1-4H3. The minimum Gasteiger partial charge on any atom is -0.493 e. The van der Waals surface area contributed by atoms with E-state index in [9.17, 15) is 4.79 Å². The van der Waals surface area contributed by atoms with Crippen LogP contribution in [0.15, 0.2) is 17.0 Å². The van der Waals surface area contributed by atoms with E-state index in [2.05, 4.69) is 5.32 Å². The highest BCUT2D eigenvalue weighted by atomic mass is 32.2. The van der Waals surface area contributed by atoms with Gasteiger partial charge in [0, 0.05) is 31.6 Å². The summed E-state index contributed by atoms with van der Waals surface area (Å²) >= 11 is 1.62. The fraction of sp³-hybridized carbons (Fsp3) is 0.562. The van der Waals surface area contributed by atoms with E-state index in [1.54, 1.807) is 37.9 Å². The van der Waals surface area contributed by atoms with Gasteiger partial charge in [0.15, 0.2) is 11.5 Å². The topological polar surface area (TPSA) is 60.0 Å². The van der Waals surface area contributed by atoms with E-state index in [1.165, 1.54) is 0 Å². The first kappa shape index (κ1) is 17.9. The van der Waals surface area contributed by atoms with E-state index >= 15 is 0 Å². The Balaban J connectivity index is 2.15. The van der Waals surface area contributed by atoms with Crippen LogP contribution in [0.3, 0.4) is 0 Å². The first-order chi connectivity index (χ1) is 11.1. The molecule has 1 amide bonds. The molecule has 1 atom stereocenters. The van der Waals surface area contributed by atoms with E-state index in [0.29, 0.717) is 31.2 Å².